The van der Waals surface area contributed by atoms with E-state index in [-0.39, 0.29) is 44.7 Å². The van der Waals surface area contributed by atoms with Gasteiger partial charge in [0, 0.05) is 12.3 Å². The smallest absolute Gasteiger partial charge is 0.353 e. The van der Waals surface area contributed by atoms with E-state index >= 15 is 0 Å². The minimum atomic E-state index is -4.34. The molecule has 2 aromatic rings. The molecule has 0 saturated carbocycles. The molecule has 278 valence electrons. The fourth-order valence-corrected chi connectivity index (χ4v) is 9.70. The third-order valence-electron chi connectivity index (χ3n) is 10.8. The highest BCUT2D eigenvalue weighted by molar-refractivity contribution is 7.87. The van der Waals surface area contributed by atoms with E-state index in [1.807, 2.05) is 46.8 Å². The highest BCUT2D eigenvalue weighted by atomic mass is 32.2. The Hall–Kier alpha value is -1.84. The standard InChI is InChI=1S/C37H64N2O7SSi2/c1-18-29-31(45-48(14,15)36(8,9)10)32(46-49(16,17)37(11,12)13)34(43-29)39-20-19-30(38-35(39)40)44-47(41,42)33-27(24(4)5)21-26(23(2)3)22-28(33)25(6)7/h19-25,29,31-32,34H,18H2,1-17H3/t29-,31?,32+,34-/m1/s1. The second kappa shape index (κ2) is 14.7. The lowest BCUT2D eigenvalue weighted by molar-refractivity contribution is -0.0373. The Kier molecular flexibility index (Phi) is 12.4. The molecular weight excluding hydrogens is 673 g/mol. The van der Waals surface area contributed by atoms with Gasteiger partial charge in [0.15, 0.2) is 22.9 Å². The molecule has 0 radical (unpaired) electrons. The van der Waals surface area contributed by atoms with Crippen LogP contribution in [0.2, 0.25) is 36.3 Å². The molecule has 49 heavy (non-hydrogen) atoms. The van der Waals surface area contributed by atoms with E-state index in [1.165, 1.54) is 16.8 Å². The highest BCUT2D eigenvalue weighted by Gasteiger charge is 2.54. The monoisotopic (exact) mass is 736 g/mol. The van der Waals surface area contributed by atoms with Gasteiger partial charge in [0.1, 0.15) is 17.1 Å². The minimum absolute atomic E-state index is 0.0479. The fraction of sp³-hybridized carbons (Fsp3) is 0.730. The lowest BCUT2D eigenvalue weighted by atomic mass is 9.89. The molecule has 1 unspecified atom stereocenters. The van der Waals surface area contributed by atoms with Crippen LogP contribution in [-0.2, 0) is 23.7 Å². The summed E-state index contributed by atoms with van der Waals surface area (Å²) in [4.78, 5) is 18.1. The predicted molar refractivity (Wildman–Crippen MR) is 203 cm³/mol. The van der Waals surface area contributed by atoms with Gasteiger partial charge in [-0.15, -0.1) is 0 Å². The van der Waals surface area contributed by atoms with Crippen molar-refractivity contribution in [3.63, 3.8) is 0 Å². The Morgan fingerprint density at radius 1 is 0.837 bits per heavy atom. The second-order valence-corrected chi connectivity index (χ2v) is 28.6. The van der Waals surface area contributed by atoms with E-state index in [2.05, 4.69) is 86.6 Å². The molecule has 1 saturated heterocycles. The summed E-state index contributed by atoms with van der Waals surface area (Å²) >= 11 is 0. The third-order valence-corrected chi connectivity index (χ3v) is 21.1. The predicted octanol–water partition coefficient (Wildman–Crippen LogP) is 9.47. The Morgan fingerprint density at radius 2 is 1.31 bits per heavy atom. The van der Waals surface area contributed by atoms with Crippen molar-refractivity contribution >= 4 is 26.8 Å². The molecule has 0 N–H and O–H groups in total. The number of rotatable bonds is 12. The summed E-state index contributed by atoms with van der Waals surface area (Å²) in [5.41, 5.74) is 1.75. The SMILES string of the molecule is CC[C@H]1O[C@@H](n2ccc(OS(=O)(=O)c3c(C(C)C)cc(C(C)C)cc3C(C)C)nc2=O)[C@@H](O[Si](C)(C)C(C)(C)C)C1O[Si](C)(C)C(C)(C)C. The van der Waals surface area contributed by atoms with E-state index in [4.69, 9.17) is 17.8 Å². The van der Waals surface area contributed by atoms with Crippen LogP contribution < -0.4 is 9.87 Å². The summed E-state index contributed by atoms with van der Waals surface area (Å²) in [6.07, 6.45) is 0.0735. The maximum atomic E-state index is 14.0. The van der Waals surface area contributed by atoms with Gasteiger partial charge in [0.05, 0.1) is 6.10 Å². The molecule has 1 fully saturated rings. The molecule has 3 rings (SSSR count). The van der Waals surface area contributed by atoms with Crippen molar-refractivity contribution in [3.8, 4) is 5.88 Å². The zero-order valence-electron chi connectivity index (χ0n) is 33.2. The average Bonchev–Trinajstić information content (AvgIpc) is 3.25. The zero-order chi connectivity index (χ0) is 37.7. The van der Waals surface area contributed by atoms with Gasteiger partial charge in [0.25, 0.3) is 0 Å². The van der Waals surface area contributed by atoms with Gasteiger partial charge < -0.3 is 17.8 Å². The van der Waals surface area contributed by atoms with Gasteiger partial charge in [-0.2, -0.15) is 13.4 Å². The van der Waals surface area contributed by atoms with Crippen LogP contribution in [0.3, 0.4) is 0 Å². The van der Waals surface area contributed by atoms with Crippen molar-refractivity contribution in [2.75, 3.05) is 0 Å². The molecule has 12 heteroatoms. The lowest BCUT2D eigenvalue weighted by Crippen LogP contribution is -2.53. The fourth-order valence-electron chi connectivity index (χ4n) is 5.53. The van der Waals surface area contributed by atoms with Crippen LogP contribution in [0.1, 0.15) is 137 Å². The molecule has 0 aliphatic carbocycles. The van der Waals surface area contributed by atoms with Crippen molar-refractivity contribution < 1.29 is 26.2 Å². The van der Waals surface area contributed by atoms with Crippen LogP contribution in [0.25, 0.3) is 0 Å². The molecule has 1 aromatic heterocycles. The zero-order valence-corrected chi connectivity index (χ0v) is 36.0. The number of aromatic nitrogens is 2. The number of ether oxygens (including phenoxy) is 1. The maximum absolute atomic E-state index is 14.0. The van der Waals surface area contributed by atoms with E-state index in [0.29, 0.717) is 17.5 Å². The van der Waals surface area contributed by atoms with Gasteiger partial charge in [0.2, 0.25) is 5.88 Å². The van der Waals surface area contributed by atoms with Gasteiger partial charge in [-0.1, -0.05) is 102 Å². The van der Waals surface area contributed by atoms with Gasteiger partial charge in [-0.25, -0.2) is 4.79 Å². The van der Waals surface area contributed by atoms with Crippen molar-refractivity contribution in [1.29, 1.82) is 0 Å². The van der Waals surface area contributed by atoms with Crippen molar-refractivity contribution in [2.45, 2.75) is 180 Å². The summed E-state index contributed by atoms with van der Waals surface area (Å²) < 4.78 is 55.7. The number of nitrogens with zero attached hydrogens (tertiary/aromatic N) is 2. The van der Waals surface area contributed by atoms with Crippen LogP contribution in [0.5, 0.6) is 5.88 Å². The Labute approximate surface area is 298 Å². The van der Waals surface area contributed by atoms with Crippen molar-refractivity contribution in [2.24, 2.45) is 0 Å². The average molecular weight is 737 g/mol. The molecule has 4 atom stereocenters. The van der Waals surface area contributed by atoms with E-state index < -0.39 is 50.9 Å². The largest absolute Gasteiger partial charge is 0.408 e. The summed E-state index contributed by atoms with van der Waals surface area (Å²) in [5, 5.41) is -0.149. The molecule has 0 amide bonds. The third kappa shape index (κ3) is 8.97. The lowest BCUT2D eigenvalue weighted by Gasteiger charge is -2.44. The normalized spacial score (nSPS) is 21.3. The van der Waals surface area contributed by atoms with E-state index in [1.54, 1.807) is 0 Å². The Bertz CT molecular complexity index is 1610. The van der Waals surface area contributed by atoms with Gasteiger partial charge >= 0.3 is 15.8 Å². The molecule has 0 bridgehead atoms. The second-order valence-electron chi connectivity index (χ2n) is 17.6. The molecule has 1 aromatic carbocycles. The summed E-state index contributed by atoms with van der Waals surface area (Å²) in [6.45, 7) is 36.0. The first-order valence-electron chi connectivity index (χ1n) is 17.9. The molecule has 2 heterocycles. The van der Waals surface area contributed by atoms with Gasteiger partial charge in [-0.3, -0.25) is 4.57 Å². The van der Waals surface area contributed by atoms with E-state index in [9.17, 15) is 13.2 Å². The first-order valence-corrected chi connectivity index (χ1v) is 25.1. The first kappa shape index (κ1) is 41.6. The molecular formula is C37H64N2O7SSi2. The van der Waals surface area contributed by atoms with Crippen molar-refractivity contribution in [1.82, 2.24) is 9.55 Å². The minimum Gasteiger partial charge on any atom is -0.408 e. The molecule has 1 aliphatic rings. The van der Waals surface area contributed by atoms with Crippen LogP contribution in [0.15, 0.2) is 34.1 Å². The molecule has 1 aliphatic heterocycles. The van der Waals surface area contributed by atoms with E-state index in [0.717, 1.165) is 5.56 Å². The number of hydrogen-bond donors (Lipinski definition) is 0. The Balaban J connectivity index is 2.11. The highest BCUT2D eigenvalue weighted by Crippen LogP contribution is 2.46. The number of hydrogen-bond acceptors (Lipinski definition) is 8. The van der Waals surface area contributed by atoms with Crippen LogP contribution in [0.4, 0.5) is 0 Å². The molecule has 9 nitrogen and oxygen atoms in total. The Morgan fingerprint density at radius 3 is 1.69 bits per heavy atom. The maximum Gasteiger partial charge on any atom is 0.353 e. The summed E-state index contributed by atoms with van der Waals surface area (Å²) in [7, 11) is -8.99. The van der Waals surface area contributed by atoms with Crippen LogP contribution in [0, 0.1) is 0 Å². The topological polar surface area (TPSA) is 106 Å². The summed E-state index contributed by atoms with van der Waals surface area (Å²) in [5.74, 6) is -0.213. The van der Waals surface area contributed by atoms with Crippen LogP contribution >= 0.6 is 0 Å². The van der Waals surface area contributed by atoms with Crippen molar-refractivity contribution in [3.05, 3.63) is 51.6 Å². The molecule has 0 spiro atoms. The first-order chi connectivity index (χ1) is 22.1. The van der Waals surface area contributed by atoms with Gasteiger partial charge in [-0.05, 0) is 77.1 Å². The number of benzene rings is 1. The quantitative estimate of drug-likeness (QED) is 0.157. The van der Waals surface area contributed by atoms with Crippen LogP contribution in [-0.4, -0.2) is 52.9 Å². The summed E-state index contributed by atoms with van der Waals surface area (Å²) in [6, 6.07) is 5.33.